The van der Waals surface area contributed by atoms with E-state index in [9.17, 15) is 0 Å². The highest BCUT2D eigenvalue weighted by Crippen LogP contribution is 2.30. The van der Waals surface area contributed by atoms with Gasteiger partial charge in [-0.05, 0) is 37.6 Å². The molecule has 0 aliphatic carbocycles. The fraction of sp³-hybridized carbons (Fsp3) is 0.571. The molecule has 0 radical (unpaired) electrons. The highest BCUT2D eigenvalue weighted by atomic mass is 35.5. The van der Waals surface area contributed by atoms with Crippen molar-refractivity contribution in [2.75, 3.05) is 20.1 Å². The molecule has 102 valence electrons. The monoisotopic (exact) mass is 288 g/mol. The standard InChI is InChI=1S/C14H22Cl2N2/c1-10(2)9-18(3)8-7-13(17)11-5-4-6-12(15)14(11)16/h4-6,10,13H,7-9,17H2,1-3H3. The van der Waals surface area contributed by atoms with E-state index in [-0.39, 0.29) is 6.04 Å². The third-order valence-electron chi connectivity index (χ3n) is 2.88. The van der Waals surface area contributed by atoms with E-state index in [0.717, 1.165) is 25.1 Å². The first kappa shape index (κ1) is 15.8. The van der Waals surface area contributed by atoms with Crippen molar-refractivity contribution in [1.82, 2.24) is 4.90 Å². The van der Waals surface area contributed by atoms with Crippen molar-refractivity contribution in [2.45, 2.75) is 26.3 Å². The van der Waals surface area contributed by atoms with Crippen LogP contribution >= 0.6 is 23.2 Å². The first-order valence-electron chi connectivity index (χ1n) is 6.29. The lowest BCUT2D eigenvalue weighted by molar-refractivity contribution is 0.284. The average Bonchev–Trinajstić information content (AvgIpc) is 2.29. The van der Waals surface area contributed by atoms with Crippen LogP contribution in [0.5, 0.6) is 0 Å². The topological polar surface area (TPSA) is 29.3 Å². The van der Waals surface area contributed by atoms with E-state index in [1.54, 1.807) is 6.07 Å². The Labute approximate surface area is 120 Å². The van der Waals surface area contributed by atoms with E-state index < -0.39 is 0 Å². The van der Waals surface area contributed by atoms with Gasteiger partial charge in [0.1, 0.15) is 0 Å². The van der Waals surface area contributed by atoms with Gasteiger partial charge in [-0.15, -0.1) is 0 Å². The minimum absolute atomic E-state index is 0.0641. The number of hydrogen-bond donors (Lipinski definition) is 1. The normalized spacial score (nSPS) is 13.3. The Balaban J connectivity index is 2.55. The summed E-state index contributed by atoms with van der Waals surface area (Å²) in [6.45, 7) is 6.46. The largest absolute Gasteiger partial charge is 0.324 e. The minimum Gasteiger partial charge on any atom is -0.324 e. The maximum absolute atomic E-state index is 6.17. The van der Waals surface area contributed by atoms with Crippen LogP contribution in [0.15, 0.2) is 18.2 Å². The molecule has 0 fully saturated rings. The molecule has 1 aromatic rings. The van der Waals surface area contributed by atoms with E-state index in [1.807, 2.05) is 12.1 Å². The lowest BCUT2D eigenvalue weighted by atomic mass is 10.0. The highest BCUT2D eigenvalue weighted by molar-refractivity contribution is 6.42. The van der Waals surface area contributed by atoms with Crippen molar-refractivity contribution >= 4 is 23.2 Å². The first-order chi connectivity index (χ1) is 8.41. The molecule has 1 rings (SSSR count). The molecule has 0 heterocycles. The third kappa shape index (κ3) is 4.77. The summed E-state index contributed by atoms with van der Waals surface area (Å²) < 4.78 is 0. The Hall–Kier alpha value is -0.280. The summed E-state index contributed by atoms with van der Waals surface area (Å²) in [6.07, 6.45) is 0.878. The Kier molecular flexibility index (Phi) is 6.44. The molecule has 0 spiro atoms. The lowest BCUT2D eigenvalue weighted by Crippen LogP contribution is -2.27. The molecule has 1 atom stereocenters. The summed E-state index contributed by atoms with van der Waals surface area (Å²) in [5.41, 5.74) is 7.11. The molecule has 0 aliphatic rings. The Morgan fingerprint density at radius 3 is 2.56 bits per heavy atom. The Bertz CT molecular complexity index is 380. The molecule has 0 bridgehead atoms. The fourth-order valence-corrected chi connectivity index (χ4v) is 2.48. The van der Waals surface area contributed by atoms with Gasteiger partial charge in [-0.1, -0.05) is 49.2 Å². The van der Waals surface area contributed by atoms with E-state index in [2.05, 4.69) is 25.8 Å². The molecule has 1 aromatic carbocycles. The van der Waals surface area contributed by atoms with Gasteiger partial charge in [0, 0.05) is 12.6 Å². The van der Waals surface area contributed by atoms with Gasteiger partial charge in [0.25, 0.3) is 0 Å². The van der Waals surface area contributed by atoms with Gasteiger partial charge < -0.3 is 10.6 Å². The lowest BCUT2D eigenvalue weighted by Gasteiger charge is -2.21. The minimum atomic E-state index is -0.0641. The fourth-order valence-electron chi connectivity index (χ4n) is 2.04. The van der Waals surface area contributed by atoms with Crippen LogP contribution < -0.4 is 5.73 Å². The van der Waals surface area contributed by atoms with Crippen LogP contribution in [-0.4, -0.2) is 25.0 Å². The summed E-state index contributed by atoms with van der Waals surface area (Å²) in [5, 5.41) is 1.15. The zero-order valence-corrected chi connectivity index (χ0v) is 12.8. The molecule has 0 saturated carbocycles. The second-order valence-corrected chi connectivity index (χ2v) is 5.98. The molecule has 0 amide bonds. The first-order valence-corrected chi connectivity index (χ1v) is 7.05. The second kappa shape index (κ2) is 7.34. The predicted octanol–water partition coefficient (Wildman–Crippen LogP) is 3.97. The van der Waals surface area contributed by atoms with Crippen LogP contribution in [0.3, 0.4) is 0 Å². The number of hydrogen-bond acceptors (Lipinski definition) is 2. The van der Waals surface area contributed by atoms with Crippen molar-refractivity contribution < 1.29 is 0 Å². The van der Waals surface area contributed by atoms with Crippen molar-refractivity contribution in [3.8, 4) is 0 Å². The molecule has 2 nitrogen and oxygen atoms in total. The number of benzene rings is 1. The SMILES string of the molecule is CC(C)CN(C)CCC(N)c1cccc(Cl)c1Cl. The smallest absolute Gasteiger partial charge is 0.0640 e. The third-order valence-corrected chi connectivity index (χ3v) is 3.71. The van der Waals surface area contributed by atoms with Gasteiger partial charge in [0.05, 0.1) is 10.0 Å². The summed E-state index contributed by atoms with van der Waals surface area (Å²) in [5.74, 6) is 0.668. The number of halogens is 2. The Morgan fingerprint density at radius 2 is 1.94 bits per heavy atom. The van der Waals surface area contributed by atoms with Crippen molar-refractivity contribution in [3.63, 3.8) is 0 Å². The molecule has 18 heavy (non-hydrogen) atoms. The van der Waals surface area contributed by atoms with Crippen LogP contribution in [0.1, 0.15) is 31.9 Å². The quantitative estimate of drug-likeness (QED) is 0.858. The van der Waals surface area contributed by atoms with Crippen LogP contribution in [-0.2, 0) is 0 Å². The summed E-state index contributed by atoms with van der Waals surface area (Å²) in [7, 11) is 2.12. The number of nitrogens with zero attached hydrogens (tertiary/aromatic N) is 1. The maximum Gasteiger partial charge on any atom is 0.0640 e. The van der Waals surface area contributed by atoms with Crippen LogP contribution in [0.2, 0.25) is 10.0 Å². The second-order valence-electron chi connectivity index (χ2n) is 5.19. The maximum atomic E-state index is 6.17. The van der Waals surface area contributed by atoms with Crippen molar-refractivity contribution in [3.05, 3.63) is 33.8 Å². The number of rotatable bonds is 6. The van der Waals surface area contributed by atoms with Crippen LogP contribution in [0.4, 0.5) is 0 Å². The molecule has 4 heteroatoms. The highest BCUT2D eigenvalue weighted by Gasteiger charge is 2.13. The van der Waals surface area contributed by atoms with E-state index in [0.29, 0.717) is 16.0 Å². The van der Waals surface area contributed by atoms with E-state index in [1.165, 1.54) is 0 Å². The van der Waals surface area contributed by atoms with Gasteiger partial charge in [-0.25, -0.2) is 0 Å². The number of nitrogens with two attached hydrogens (primary N) is 1. The molecule has 0 aliphatic heterocycles. The predicted molar refractivity (Wildman–Crippen MR) is 80.3 cm³/mol. The van der Waals surface area contributed by atoms with Crippen LogP contribution in [0.25, 0.3) is 0 Å². The van der Waals surface area contributed by atoms with Crippen LogP contribution in [0, 0.1) is 5.92 Å². The van der Waals surface area contributed by atoms with Gasteiger partial charge in [0.2, 0.25) is 0 Å². The van der Waals surface area contributed by atoms with Gasteiger partial charge in [0.15, 0.2) is 0 Å². The Morgan fingerprint density at radius 1 is 1.28 bits per heavy atom. The van der Waals surface area contributed by atoms with Gasteiger partial charge in [-0.2, -0.15) is 0 Å². The molecule has 0 aromatic heterocycles. The van der Waals surface area contributed by atoms with E-state index in [4.69, 9.17) is 28.9 Å². The zero-order valence-electron chi connectivity index (χ0n) is 11.3. The van der Waals surface area contributed by atoms with Crippen molar-refractivity contribution in [2.24, 2.45) is 11.7 Å². The van der Waals surface area contributed by atoms with Gasteiger partial charge >= 0.3 is 0 Å². The van der Waals surface area contributed by atoms with Crippen molar-refractivity contribution in [1.29, 1.82) is 0 Å². The molecule has 0 saturated heterocycles. The average molecular weight is 289 g/mol. The summed E-state index contributed by atoms with van der Waals surface area (Å²) in [6, 6.07) is 5.55. The molecular weight excluding hydrogens is 267 g/mol. The molecular formula is C14H22Cl2N2. The molecule has 2 N–H and O–H groups in total. The molecule has 1 unspecified atom stereocenters. The summed E-state index contributed by atoms with van der Waals surface area (Å²) in [4.78, 5) is 2.29. The van der Waals surface area contributed by atoms with Gasteiger partial charge in [-0.3, -0.25) is 0 Å². The summed E-state index contributed by atoms with van der Waals surface area (Å²) >= 11 is 12.2. The van der Waals surface area contributed by atoms with E-state index >= 15 is 0 Å². The zero-order chi connectivity index (χ0) is 13.7.